The van der Waals surface area contributed by atoms with Crippen LogP contribution < -0.4 is 10.9 Å². The molecule has 1 unspecified atom stereocenters. The fourth-order valence-electron chi connectivity index (χ4n) is 3.70. The number of aromatic nitrogens is 3. The number of nitrogens with one attached hydrogen (secondary N) is 2. The minimum atomic E-state index is -0.669. The Morgan fingerprint density at radius 3 is 2.64 bits per heavy atom. The zero-order chi connectivity index (χ0) is 23.5. The molecule has 0 aliphatic carbocycles. The molecule has 3 aromatic rings. The summed E-state index contributed by atoms with van der Waals surface area (Å²) in [6, 6.07) is 9.99. The van der Waals surface area contributed by atoms with Crippen LogP contribution in [-0.2, 0) is 15.3 Å². The predicted molar refractivity (Wildman–Crippen MR) is 124 cm³/mol. The topological polar surface area (TPSA) is 97.0 Å². The lowest BCUT2D eigenvalue weighted by Gasteiger charge is -2.29. The lowest BCUT2D eigenvalue weighted by atomic mass is 9.83. The van der Waals surface area contributed by atoms with E-state index in [-0.39, 0.29) is 17.5 Å². The van der Waals surface area contributed by atoms with Crippen LogP contribution in [0.4, 0.5) is 10.2 Å². The number of aromatic amines is 1. The molecule has 1 aliphatic heterocycles. The summed E-state index contributed by atoms with van der Waals surface area (Å²) in [5.41, 5.74) is 2.08. The number of benzene rings is 1. The molecule has 7 nitrogen and oxygen atoms in total. The molecule has 2 aromatic heterocycles. The molecule has 0 bridgehead atoms. The number of ether oxygens (including phenoxy) is 1. The van der Waals surface area contributed by atoms with E-state index in [9.17, 15) is 14.0 Å². The van der Waals surface area contributed by atoms with Gasteiger partial charge in [0.15, 0.2) is 5.16 Å². The highest BCUT2D eigenvalue weighted by atomic mass is 32.2. The Bertz CT molecular complexity index is 1270. The van der Waals surface area contributed by atoms with E-state index >= 15 is 0 Å². The number of carbonyl (C=O) groups excluding carboxylic acids is 1. The number of anilines is 1. The maximum Gasteiger partial charge on any atom is 0.337 e. The summed E-state index contributed by atoms with van der Waals surface area (Å²) in [6.45, 7) is 5.29. The lowest BCUT2D eigenvalue weighted by Crippen LogP contribution is -2.31. The highest BCUT2D eigenvalue weighted by Gasteiger charge is 2.36. The number of allylic oxidation sites excluding steroid dienone is 1. The van der Waals surface area contributed by atoms with Crippen LogP contribution in [0.15, 0.2) is 70.0 Å². The minimum absolute atomic E-state index is 0.309. The molecule has 0 amide bonds. The van der Waals surface area contributed by atoms with Crippen LogP contribution in [0.5, 0.6) is 0 Å². The lowest BCUT2D eigenvalue weighted by molar-refractivity contribution is -0.143. The molecule has 1 aliphatic rings. The number of halogens is 1. The number of esters is 1. The van der Waals surface area contributed by atoms with Crippen molar-refractivity contribution in [3.63, 3.8) is 0 Å². The number of H-pyrrole nitrogens is 1. The third-order valence-electron chi connectivity index (χ3n) is 5.15. The van der Waals surface area contributed by atoms with Crippen molar-refractivity contribution in [1.82, 2.24) is 15.0 Å². The Balaban J connectivity index is 1.75. The van der Waals surface area contributed by atoms with Crippen LogP contribution in [0.3, 0.4) is 0 Å². The first-order chi connectivity index (χ1) is 15.8. The Morgan fingerprint density at radius 1 is 1.21 bits per heavy atom. The van der Waals surface area contributed by atoms with Crippen LogP contribution in [0.2, 0.25) is 0 Å². The molecule has 33 heavy (non-hydrogen) atoms. The number of thioether (sulfide) groups is 1. The third-order valence-corrected chi connectivity index (χ3v) is 6.07. The first-order valence-corrected chi connectivity index (χ1v) is 11.4. The molecule has 170 valence electrons. The largest absolute Gasteiger partial charge is 0.460 e. The van der Waals surface area contributed by atoms with Gasteiger partial charge in [0.1, 0.15) is 11.6 Å². The van der Waals surface area contributed by atoms with Gasteiger partial charge in [-0.1, -0.05) is 30.0 Å². The van der Waals surface area contributed by atoms with Crippen LogP contribution in [-0.4, -0.2) is 27.0 Å². The molecule has 1 atom stereocenters. The summed E-state index contributed by atoms with van der Waals surface area (Å²) in [5.74, 6) is -0.816. The molecule has 0 spiro atoms. The van der Waals surface area contributed by atoms with E-state index in [0.717, 1.165) is 5.56 Å². The van der Waals surface area contributed by atoms with Gasteiger partial charge >= 0.3 is 5.97 Å². The molecule has 2 N–H and O–H groups in total. The van der Waals surface area contributed by atoms with Gasteiger partial charge in [-0.3, -0.25) is 9.78 Å². The number of pyridine rings is 1. The van der Waals surface area contributed by atoms with Gasteiger partial charge in [0, 0.05) is 23.8 Å². The molecule has 3 heterocycles. The Labute approximate surface area is 194 Å². The fraction of sp³-hybridized carbons (Fsp3) is 0.250. The second kappa shape index (κ2) is 9.58. The number of rotatable bonds is 6. The Kier molecular flexibility index (Phi) is 6.60. The second-order valence-electron chi connectivity index (χ2n) is 7.84. The predicted octanol–water partition coefficient (Wildman–Crippen LogP) is 4.38. The van der Waals surface area contributed by atoms with E-state index in [4.69, 9.17) is 4.74 Å². The SMILES string of the molecule is CC1=C(C(=O)OC(C)C)C(c2ccncc2)c2c(nc(SCc3ccccc3F)[nH]c2=O)N1. The summed E-state index contributed by atoms with van der Waals surface area (Å²) < 4.78 is 19.4. The quantitative estimate of drug-likeness (QED) is 0.316. The Hall–Kier alpha value is -3.46. The molecular weight excluding hydrogens is 443 g/mol. The van der Waals surface area contributed by atoms with Crippen LogP contribution in [0, 0.1) is 5.82 Å². The Morgan fingerprint density at radius 2 is 1.94 bits per heavy atom. The van der Waals surface area contributed by atoms with Crippen molar-refractivity contribution in [2.45, 2.75) is 43.7 Å². The molecule has 1 aromatic carbocycles. The fourth-order valence-corrected chi connectivity index (χ4v) is 4.55. The number of fused-ring (bicyclic) bond motifs is 1. The van der Waals surface area contributed by atoms with Crippen molar-refractivity contribution < 1.29 is 13.9 Å². The summed E-state index contributed by atoms with van der Waals surface area (Å²) >= 11 is 1.22. The average Bonchev–Trinajstić information content (AvgIpc) is 2.77. The number of hydrogen-bond donors (Lipinski definition) is 2. The molecule has 0 fully saturated rings. The summed E-state index contributed by atoms with van der Waals surface area (Å²) in [6.07, 6.45) is 2.90. The first-order valence-electron chi connectivity index (χ1n) is 10.4. The van der Waals surface area contributed by atoms with E-state index in [2.05, 4.69) is 20.3 Å². The standard InChI is InChI=1S/C24H23FN4O3S/c1-13(2)32-23(31)18-14(3)27-21-20(19(18)15-8-10-26-11-9-15)22(30)29-24(28-21)33-12-16-6-4-5-7-17(16)25/h4-11,13,19H,12H2,1-3H3,(H2,27,28,29,30). The van der Waals surface area contributed by atoms with E-state index in [1.165, 1.54) is 17.8 Å². The molecule has 0 radical (unpaired) electrons. The smallest absolute Gasteiger partial charge is 0.337 e. The minimum Gasteiger partial charge on any atom is -0.460 e. The number of nitrogens with zero attached hydrogens (tertiary/aromatic N) is 2. The first kappa shape index (κ1) is 22.7. The van der Waals surface area contributed by atoms with Crippen molar-refractivity contribution in [2.24, 2.45) is 0 Å². The van der Waals surface area contributed by atoms with Gasteiger partial charge in [-0.05, 0) is 50.1 Å². The van der Waals surface area contributed by atoms with Crippen LogP contribution in [0.1, 0.15) is 43.4 Å². The molecule has 0 saturated carbocycles. The van der Waals surface area contributed by atoms with Crippen LogP contribution >= 0.6 is 11.8 Å². The van der Waals surface area contributed by atoms with Crippen molar-refractivity contribution in [3.8, 4) is 0 Å². The van der Waals surface area contributed by atoms with Gasteiger partial charge in [0.05, 0.1) is 23.2 Å². The van der Waals surface area contributed by atoms with Gasteiger partial charge in [0.25, 0.3) is 5.56 Å². The maximum absolute atomic E-state index is 14.0. The molecule has 4 rings (SSSR count). The van der Waals surface area contributed by atoms with E-state index in [1.54, 1.807) is 63.5 Å². The second-order valence-corrected chi connectivity index (χ2v) is 8.81. The monoisotopic (exact) mass is 466 g/mol. The van der Waals surface area contributed by atoms with Gasteiger partial charge < -0.3 is 15.0 Å². The van der Waals surface area contributed by atoms with Crippen molar-refractivity contribution in [2.75, 3.05) is 5.32 Å². The summed E-state index contributed by atoms with van der Waals surface area (Å²) in [4.78, 5) is 37.6. The molecule has 0 saturated heterocycles. The molecular formula is C24H23FN4O3S. The molecule has 9 heteroatoms. The number of carbonyl (C=O) groups is 1. The van der Waals surface area contributed by atoms with E-state index < -0.39 is 11.9 Å². The summed E-state index contributed by atoms with van der Waals surface area (Å²) in [7, 11) is 0. The zero-order valence-electron chi connectivity index (χ0n) is 18.4. The van der Waals surface area contributed by atoms with E-state index in [1.807, 2.05) is 0 Å². The maximum atomic E-state index is 14.0. The van der Waals surface area contributed by atoms with Crippen LogP contribution in [0.25, 0.3) is 0 Å². The van der Waals surface area contributed by atoms with Gasteiger partial charge in [0.2, 0.25) is 0 Å². The zero-order valence-corrected chi connectivity index (χ0v) is 19.2. The normalized spacial score (nSPS) is 15.2. The van der Waals surface area contributed by atoms with Crippen molar-refractivity contribution in [1.29, 1.82) is 0 Å². The highest BCUT2D eigenvalue weighted by Crippen LogP contribution is 2.40. The highest BCUT2D eigenvalue weighted by molar-refractivity contribution is 7.98. The summed E-state index contributed by atoms with van der Waals surface area (Å²) in [5, 5.41) is 3.45. The van der Waals surface area contributed by atoms with Gasteiger partial charge in [-0.15, -0.1) is 0 Å². The van der Waals surface area contributed by atoms with E-state index in [0.29, 0.717) is 39.1 Å². The number of hydrogen-bond acceptors (Lipinski definition) is 7. The van der Waals surface area contributed by atoms with Gasteiger partial charge in [-0.25, -0.2) is 14.2 Å². The van der Waals surface area contributed by atoms with Gasteiger partial charge in [-0.2, -0.15) is 0 Å². The van der Waals surface area contributed by atoms with Crippen molar-refractivity contribution in [3.05, 3.63) is 92.9 Å². The third kappa shape index (κ3) is 4.83. The average molecular weight is 467 g/mol. The van der Waals surface area contributed by atoms with Crippen molar-refractivity contribution >= 4 is 23.5 Å².